The summed E-state index contributed by atoms with van der Waals surface area (Å²) in [6, 6.07) is 2.59. The molecule has 3 saturated heterocycles. The minimum atomic E-state index is -5.08. The number of carboxylic acids is 2. The molecule has 0 bridgehead atoms. The topological polar surface area (TPSA) is 116 Å². The van der Waals surface area contributed by atoms with Crippen molar-refractivity contribution in [3.63, 3.8) is 0 Å². The third kappa shape index (κ3) is 8.80. The van der Waals surface area contributed by atoms with Crippen molar-refractivity contribution in [2.45, 2.75) is 56.1 Å². The van der Waals surface area contributed by atoms with Crippen LogP contribution in [0.15, 0.2) is 18.5 Å². The van der Waals surface area contributed by atoms with Crippen molar-refractivity contribution >= 4 is 17.9 Å². The normalized spacial score (nSPS) is 24.9. The van der Waals surface area contributed by atoms with Gasteiger partial charge in [-0.25, -0.2) is 19.6 Å². The van der Waals surface area contributed by atoms with E-state index in [0.717, 1.165) is 38.1 Å². The van der Waals surface area contributed by atoms with E-state index in [2.05, 4.69) is 19.8 Å². The van der Waals surface area contributed by atoms with Gasteiger partial charge >= 0.3 is 24.3 Å². The Kier molecular flexibility index (Phi) is 9.66. The fraction of sp³-hybridized carbons (Fsp3) is 0.700. The van der Waals surface area contributed by atoms with Gasteiger partial charge in [0, 0.05) is 38.1 Å². The molecule has 15 heteroatoms. The van der Waals surface area contributed by atoms with Crippen molar-refractivity contribution < 1.29 is 50.9 Å². The maximum Gasteiger partial charge on any atom is 0.490 e. The van der Waals surface area contributed by atoms with Gasteiger partial charge in [0.25, 0.3) is 0 Å². The minimum absolute atomic E-state index is 0.0324. The summed E-state index contributed by atoms with van der Waals surface area (Å²) in [5.41, 5.74) is 0.0324. The molecule has 4 heterocycles. The molecule has 4 rings (SSSR count). The van der Waals surface area contributed by atoms with E-state index < -0.39 is 24.3 Å². The zero-order valence-electron chi connectivity index (χ0n) is 18.6. The summed E-state index contributed by atoms with van der Waals surface area (Å²) < 4.78 is 69.7. The number of hydrogen-bond acceptors (Lipinski definition) is 7. The van der Waals surface area contributed by atoms with E-state index >= 15 is 0 Å². The lowest BCUT2D eigenvalue weighted by Crippen LogP contribution is -2.49. The second-order valence-electron chi connectivity index (χ2n) is 8.25. The second-order valence-corrected chi connectivity index (χ2v) is 8.25. The Hall–Kier alpha value is -2.68. The molecule has 35 heavy (non-hydrogen) atoms. The molecule has 0 aromatic carbocycles. The molecule has 1 aromatic rings. The lowest BCUT2D eigenvalue weighted by molar-refractivity contribution is -0.193. The molecule has 0 amide bonds. The molecule has 0 unspecified atom stereocenters. The summed E-state index contributed by atoms with van der Waals surface area (Å²) in [7, 11) is 0. The van der Waals surface area contributed by atoms with E-state index in [1.807, 2.05) is 18.5 Å². The molecule has 0 radical (unpaired) electrons. The molecule has 2 N–H and O–H groups in total. The van der Waals surface area contributed by atoms with Crippen LogP contribution in [-0.4, -0.2) is 93.8 Å². The van der Waals surface area contributed by atoms with Crippen molar-refractivity contribution in [3.05, 3.63) is 18.5 Å². The third-order valence-electron chi connectivity index (χ3n) is 5.76. The van der Waals surface area contributed by atoms with E-state index in [1.54, 1.807) is 0 Å². The summed E-state index contributed by atoms with van der Waals surface area (Å²) in [5, 5.41) is 14.2. The van der Waals surface area contributed by atoms with Crippen molar-refractivity contribution in [1.29, 1.82) is 0 Å². The van der Waals surface area contributed by atoms with Crippen LogP contribution in [0.5, 0.6) is 0 Å². The van der Waals surface area contributed by atoms with Crippen molar-refractivity contribution in [2.75, 3.05) is 37.7 Å². The first-order valence-corrected chi connectivity index (χ1v) is 10.7. The SMILES string of the molecule is O=C(O)C(F)(F)F.O=C(O)C(F)(F)F.c1cnc(N2CC[C@@]3(C[C@@H](N4CCCC4)CCO3)C2)nc1. The highest BCUT2D eigenvalue weighted by Gasteiger charge is 2.45. The maximum absolute atomic E-state index is 10.6. The number of rotatable bonds is 2. The molecule has 9 nitrogen and oxygen atoms in total. The molecule has 3 fully saturated rings. The Morgan fingerprint density at radius 1 is 0.971 bits per heavy atom. The summed E-state index contributed by atoms with van der Waals surface area (Å²) in [5.74, 6) is -4.67. The molecule has 2 atom stereocenters. The van der Waals surface area contributed by atoms with Crippen LogP contribution >= 0.6 is 0 Å². The van der Waals surface area contributed by atoms with Gasteiger partial charge in [0.2, 0.25) is 5.95 Å². The quantitative estimate of drug-likeness (QED) is 0.573. The lowest BCUT2D eigenvalue weighted by Gasteiger charge is -2.41. The first-order valence-electron chi connectivity index (χ1n) is 10.7. The fourth-order valence-electron chi connectivity index (χ4n) is 4.17. The van der Waals surface area contributed by atoms with Gasteiger partial charge in [0.1, 0.15) is 0 Å². The number of likely N-dealkylation sites (tertiary alicyclic amines) is 1. The largest absolute Gasteiger partial charge is 0.490 e. The summed E-state index contributed by atoms with van der Waals surface area (Å²) >= 11 is 0. The number of hydrogen-bond donors (Lipinski definition) is 2. The van der Waals surface area contributed by atoms with Crippen molar-refractivity contribution in [3.8, 4) is 0 Å². The molecule has 3 aliphatic rings. The van der Waals surface area contributed by atoms with Crippen molar-refractivity contribution in [2.24, 2.45) is 0 Å². The molecule has 3 aliphatic heterocycles. The summed E-state index contributed by atoms with van der Waals surface area (Å²) in [4.78, 5) is 31.5. The number of alkyl halides is 6. The highest BCUT2D eigenvalue weighted by molar-refractivity contribution is 5.73. The smallest absolute Gasteiger partial charge is 0.475 e. The Balaban J connectivity index is 0.000000257. The van der Waals surface area contributed by atoms with Gasteiger partial charge in [-0.2, -0.15) is 26.3 Å². The van der Waals surface area contributed by atoms with E-state index in [-0.39, 0.29) is 5.60 Å². The van der Waals surface area contributed by atoms with Crippen LogP contribution in [-0.2, 0) is 14.3 Å². The van der Waals surface area contributed by atoms with Crippen molar-refractivity contribution in [1.82, 2.24) is 14.9 Å². The summed E-state index contributed by atoms with van der Waals surface area (Å²) in [6.07, 6.45) is -0.303. The van der Waals surface area contributed by atoms with Crippen LogP contribution < -0.4 is 4.90 Å². The average Bonchev–Trinajstić information content (AvgIpc) is 3.45. The predicted octanol–water partition coefficient (Wildman–Crippen LogP) is 2.97. The molecular formula is C20H26F6N4O5. The molecule has 1 spiro atoms. The van der Waals surface area contributed by atoms with Gasteiger partial charge in [-0.1, -0.05) is 0 Å². The Labute approximate surface area is 196 Å². The summed E-state index contributed by atoms with van der Waals surface area (Å²) in [6.45, 7) is 5.43. The third-order valence-corrected chi connectivity index (χ3v) is 5.76. The fourth-order valence-corrected chi connectivity index (χ4v) is 4.17. The molecule has 0 aliphatic carbocycles. The monoisotopic (exact) mass is 516 g/mol. The van der Waals surface area contributed by atoms with Crippen LogP contribution in [0.25, 0.3) is 0 Å². The van der Waals surface area contributed by atoms with Gasteiger partial charge in [-0.3, -0.25) is 0 Å². The molecular weight excluding hydrogens is 490 g/mol. The van der Waals surface area contributed by atoms with Gasteiger partial charge in [0.15, 0.2) is 0 Å². The standard InChI is InChI=1S/C16H24N4O.2C2HF3O2/c1-2-9-19(8-1)14-4-11-21-16(12-14)5-10-20(13-16)15-17-6-3-7-18-15;2*3-2(4,5)1(6)7/h3,6-7,14H,1-2,4-5,8-13H2;2*(H,6,7)/t14-,16+;;/m0../s1. The lowest BCUT2D eigenvalue weighted by atomic mass is 9.89. The zero-order chi connectivity index (χ0) is 26.3. The Morgan fingerprint density at radius 3 is 1.97 bits per heavy atom. The molecule has 1 aromatic heterocycles. The number of aromatic nitrogens is 2. The van der Waals surface area contributed by atoms with E-state index in [0.29, 0.717) is 0 Å². The first kappa shape index (κ1) is 28.6. The van der Waals surface area contributed by atoms with Gasteiger partial charge < -0.3 is 24.7 Å². The van der Waals surface area contributed by atoms with Crippen LogP contribution in [0.2, 0.25) is 0 Å². The average molecular weight is 516 g/mol. The van der Waals surface area contributed by atoms with Crippen LogP contribution in [0.3, 0.4) is 0 Å². The highest BCUT2D eigenvalue weighted by Crippen LogP contribution is 2.37. The maximum atomic E-state index is 10.6. The molecule has 0 saturated carbocycles. The van der Waals surface area contributed by atoms with E-state index in [9.17, 15) is 26.3 Å². The number of anilines is 1. The number of ether oxygens (including phenoxy) is 1. The van der Waals surface area contributed by atoms with Gasteiger partial charge in [-0.05, 0) is 51.3 Å². The van der Waals surface area contributed by atoms with Crippen LogP contribution in [0.1, 0.15) is 32.1 Å². The predicted molar refractivity (Wildman–Crippen MR) is 109 cm³/mol. The van der Waals surface area contributed by atoms with E-state index in [1.165, 1.54) is 38.8 Å². The van der Waals surface area contributed by atoms with Crippen LogP contribution in [0, 0.1) is 0 Å². The minimum Gasteiger partial charge on any atom is -0.475 e. The number of nitrogens with zero attached hydrogens (tertiary/aromatic N) is 4. The Bertz CT molecular complexity index is 812. The van der Waals surface area contributed by atoms with Gasteiger partial charge in [-0.15, -0.1) is 0 Å². The number of carboxylic acid groups (broad SMARTS) is 2. The van der Waals surface area contributed by atoms with E-state index in [4.69, 9.17) is 24.5 Å². The number of halogens is 6. The zero-order valence-corrected chi connectivity index (χ0v) is 18.6. The number of carbonyl (C=O) groups is 2. The van der Waals surface area contributed by atoms with Crippen LogP contribution in [0.4, 0.5) is 32.3 Å². The van der Waals surface area contributed by atoms with Gasteiger partial charge in [0.05, 0.1) is 5.60 Å². The first-order chi connectivity index (χ1) is 16.2. The Morgan fingerprint density at radius 2 is 1.49 bits per heavy atom. The number of aliphatic carboxylic acids is 2. The second kappa shape index (κ2) is 11.8. The highest BCUT2D eigenvalue weighted by atomic mass is 19.4. The molecule has 198 valence electrons.